The van der Waals surface area contributed by atoms with Crippen LogP contribution < -0.4 is 0 Å². The van der Waals surface area contributed by atoms with E-state index in [1.54, 1.807) is 0 Å². The van der Waals surface area contributed by atoms with E-state index in [0.717, 1.165) is 19.2 Å². The SMILES string of the molecule is CN(CCC(F)(F)F)C(=O)c1ccc(S(=O)(=O)Cl)cc1F. The quantitative estimate of drug-likeness (QED) is 0.621. The molecule has 0 aliphatic carbocycles. The molecule has 0 unspecified atom stereocenters. The number of carbonyl (C=O) groups is 1. The maximum Gasteiger partial charge on any atom is 0.390 e. The Balaban J connectivity index is 2.93. The molecule has 0 bridgehead atoms. The Morgan fingerprint density at radius 1 is 1.33 bits per heavy atom. The fourth-order valence-corrected chi connectivity index (χ4v) is 2.19. The van der Waals surface area contributed by atoms with E-state index in [9.17, 15) is 30.8 Å². The van der Waals surface area contributed by atoms with Gasteiger partial charge in [0.1, 0.15) is 5.82 Å². The van der Waals surface area contributed by atoms with Crippen LogP contribution >= 0.6 is 10.7 Å². The minimum Gasteiger partial charge on any atom is -0.341 e. The number of nitrogens with zero attached hydrogens (tertiary/aromatic N) is 1. The molecule has 0 saturated carbocycles. The second-order valence-corrected chi connectivity index (χ2v) is 6.74. The number of alkyl halides is 3. The van der Waals surface area contributed by atoms with Crippen molar-refractivity contribution in [2.75, 3.05) is 13.6 Å². The molecule has 0 aliphatic rings. The summed E-state index contributed by atoms with van der Waals surface area (Å²) in [4.78, 5) is 11.9. The van der Waals surface area contributed by atoms with Gasteiger partial charge in [0.15, 0.2) is 0 Å². The highest BCUT2D eigenvalue weighted by molar-refractivity contribution is 8.13. The molecule has 1 aromatic carbocycles. The fourth-order valence-electron chi connectivity index (χ4n) is 1.42. The van der Waals surface area contributed by atoms with Crippen molar-refractivity contribution >= 4 is 25.6 Å². The van der Waals surface area contributed by atoms with Gasteiger partial charge in [-0.05, 0) is 18.2 Å². The maximum absolute atomic E-state index is 13.7. The first kappa shape index (κ1) is 17.7. The summed E-state index contributed by atoms with van der Waals surface area (Å²) in [6, 6.07) is 2.29. The molecule has 0 heterocycles. The average Bonchev–Trinajstić information content (AvgIpc) is 2.33. The third-order valence-corrected chi connectivity index (χ3v) is 3.88. The van der Waals surface area contributed by atoms with Crippen molar-refractivity contribution in [3.8, 4) is 0 Å². The van der Waals surface area contributed by atoms with Crippen LogP contribution in [0.4, 0.5) is 17.6 Å². The topological polar surface area (TPSA) is 54.5 Å². The van der Waals surface area contributed by atoms with E-state index < -0.39 is 50.4 Å². The van der Waals surface area contributed by atoms with E-state index in [1.807, 2.05) is 0 Å². The highest BCUT2D eigenvalue weighted by Gasteiger charge is 2.29. The largest absolute Gasteiger partial charge is 0.390 e. The Hall–Kier alpha value is -1.35. The van der Waals surface area contributed by atoms with Gasteiger partial charge in [0, 0.05) is 24.3 Å². The summed E-state index contributed by atoms with van der Waals surface area (Å²) >= 11 is 0. The van der Waals surface area contributed by atoms with Gasteiger partial charge < -0.3 is 4.90 Å². The van der Waals surface area contributed by atoms with E-state index in [1.165, 1.54) is 0 Å². The molecule has 21 heavy (non-hydrogen) atoms. The molecule has 4 nitrogen and oxygen atoms in total. The minimum absolute atomic E-state index is 0.535. The van der Waals surface area contributed by atoms with E-state index in [0.29, 0.717) is 11.0 Å². The van der Waals surface area contributed by atoms with Crippen LogP contribution in [0, 0.1) is 5.82 Å². The van der Waals surface area contributed by atoms with Gasteiger partial charge in [-0.15, -0.1) is 0 Å². The van der Waals surface area contributed by atoms with Gasteiger partial charge in [0.05, 0.1) is 16.9 Å². The molecule has 10 heteroatoms. The molecule has 0 N–H and O–H groups in total. The third kappa shape index (κ3) is 5.16. The third-order valence-electron chi connectivity index (χ3n) is 2.53. The van der Waals surface area contributed by atoms with Gasteiger partial charge >= 0.3 is 6.18 Å². The van der Waals surface area contributed by atoms with Crippen LogP contribution in [-0.2, 0) is 9.05 Å². The predicted octanol–water partition coefficient (Wildman–Crippen LogP) is 2.78. The van der Waals surface area contributed by atoms with Crippen molar-refractivity contribution in [1.82, 2.24) is 4.90 Å². The van der Waals surface area contributed by atoms with Crippen LogP contribution in [0.25, 0.3) is 0 Å². The van der Waals surface area contributed by atoms with Crippen LogP contribution in [0.15, 0.2) is 23.1 Å². The van der Waals surface area contributed by atoms with Crippen LogP contribution in [0.3, 0.4) is 0 Å². The maximum atomic E-state index is 13.7. The van der Waals surface area contributed by atoms with Gasteiger partial charge in [0.2, 0.25) is 0 Å². The zero-order chi connectivity index (χ0) is 16.4. The lowest BCUT2D eigenvalue weighted by Crippen LogP contribution is -2.31. The van der Waals surface area contributed by atoms with Gasteiger partial charge in [0.25, 0.3) is 15.0 Å². The summed E-state index contributed by atoms with van der Waals surface area (Å²) in [5.74, 6) is -2.17. The monoisotopic (exact) mass is 347 g/mol. The van der Waals surface area contributed by atoms with Crippen LogP contribution in [0.5, 0.6) is 0 Å². The summed E-state index contributed by atoms with van der Waals surface area (Å²) in [5.41, 5.74) is -0.538. The molecule has 0 fully saturated rings. The lowest BCUT2D eigenvalue weighted by atomic mass is 10.2. The van der Waals surface area contributed by atoms with Crippen LogP contribution in [-0.4, -0.2) is 39.0 Å². The smallest absolute Gasteiger partial charge is 0.341 e. The number of benzene rings is 1. The number of carbonyl (C=O) groups excluding carboxylic acids is 1. The standard InChI is InChI=1S/C11H10ClF4NO3S/c1-17(5-4-11(14,15)16)10(18)8-3-2-7(6-9(8)13)21(12,19)20/h2-3,6H,4-5H2,1H3. The predicted molar refractivity (Wildman–Crippen MR) is 67.1 cm³/mol. The summed E-state index contributed by atoms with van der Waals surface area (Å²) < 4.78 is 71.8. The molecule has 1 aromatic rings. The van der Waals surface area contributed by atoms with Gasteiger partial charge in [-0.25, -0.2) is 12.8 Å². The van der Waals surface area contributed by atoms with Crippen molar-refractivity contribution in [2.24, 2.45) is 0 Å². The van der Waals surface area contributed by atoms with Crippen LogP contribution in [0.2, 0.25) is 0 Å². The lowest BCUT2D eigenvalue weighted by molar-refractivity contribution is -0.136. The summed E-state index contributed by atoms with van der Waals surface area (Å²) in [6.07, 6.45) is -5.67. The molecule has 0 radical (unpaired) electrons. The lowest BCUT2D eigenvalue weighted by Gasteiger charge is -2.18. The minimum atomic E-state index is -4.44. The number of halogens is 5. The summed E-state index contributed by atoms with van der Waals surface area (Å²) in [6.45, 7) is -0.642. The second kappa shape index (κ2) is 6.18. The van der Waals surface area contributed by atoms with E-state index in [4.69, 9.17) is 10.7 Å². The first-order valence-electron chi connectivity index (χ1n) is 5.48. The second-order valence-electron chi connectivity index (χ2n) is 4.17. The first-order chi connectivity index (χ1) is 9.42. The number of amides is 1. The first-order valence-corrected chi connectivity index (χ1v) is 7.79. The fraction of sp³-hybridized carbons (Fsp3) is 0.364. The highest BCUT2D eigenvalue weighted by Crippen LogP contribution is 2.22. The zero-order valence-corrected chi connectivity index (χ0v) is 12.2. The Kier molecular flexibility index (Phi) is 5.21. The molecule has 0 aliphatic heterocycles. The van der Waals surface area contributed by atoms with E-state index in [-0.39, 0.29) is 0 Å². The molecular formula is C11H10ClF4NO3S. The summed E-state index contributed by atoms with van der Waals surface area (Å²) in [7, 11) is 1.93. The Morgan fingerprint density at radius 3 is 2.33 bits per heavy atom. The molecule has 0 saturated heterocycles. The van der Waals surface area contributed by atoms with Gasteiger partial charge in [-0.1, -0.05) is 0 Å². The summed E-state index contributed by atoms with van der Waals surface area (Å²) in [5, 5.41) is 0. The molecule has 118 valence electrons. The van der Waals surface area contributed by atoms with Crippen LogP contribution in [0.1, 0.15) is 16.8 Å². The molecule has 0 aromatic heterocycles. The molecular weight excluding hydrogens is 338 g/mol. The molecule has 0 atom stereocenters. The molecule has 1 rings (SSSR count). The molecule has 1 amide bonds. The van der Waals surface area contributed by atoms with Gasteiger partial charge in [-0.2, -0.15) is 13.2 Å². The van der Waals surface area contributed by atoms with Crippen molar-refractivity contribution < 1.29 is 30.8 Å². The number of hydrogen-bond acceptors (Lipinski definition) is 3. The van der Waals surface area contributed by atoms with Crippen molar-refractivity contribution in [3.63, 3.8) is 0 Å². The van der Waals surface area contributed by atoms with Crippen molar-refractivity contribution in [3.05, 3.63) is 29.6 Å². The Bertz CT molecular complexity index is 645. The zero-order valence-electron chi connectivity index (χ0n) is 10.6. The van der Waals surface area contributed by atoms with Gasteiger partial charge in [-0.3, -0.25) is 4.79 Å². The highest BCUT2D eigenvalue weighted by atomic mass is 35.7. The number of rotatable bonds is 4. The van der Waals surface area contributed by atoms with Crippen molar-refractivity contribution in [1.29, 1.82) is 0 Å². The Labute approximate surface area is 122 Å². The van der Waals surface area contributed by atoms with E-state index >= 15 is 0 Å². The number of hydrogen-bond donors (Lipinski definition) is 0. The average molecular weight is 348 g/mol. The Morgan fingerprint density at radius 2 is 1.90 bits per heavy atom. The van der Waals surface area contributed by atoms with Crippen molar-refractivity contribution in [2.45, 2.75) is 17.5 Å². The molecule has 0 spiro atoms. The van der Waals surface area contributed by atoms with E-state index in [2.05, 4.69) is 0 Å². The normalized spacial score (nSPS) is 12.3.